The number of hydrogen-bond donors (Lipinski definition) is 3. The number of halogens is 1. The molecule has 22 heavy (non-hydrogen) atoms. The van der Waals surface area contributed by atoms with E-state index in [-0.39, 0.29) is 12.0 Å². The lowest BCUT2D eigenvalue weighted by Crippen LogP contribution is -2.53. The zero-order valence-electron chi connectivity index (χ0n) is 13.6. The maximum atomic E-state index is 10.6. The third-order valence-corrected chi connectivity index (χ3v) is 3.78. The lowest BCUT2D eigenvalue weighted by atomic mass is 10.0. The predicted molar refractivity (Wildman–Crippen MR) is 86.6 cm³/mol. The van der Waals surface area contributed by atoms with E-state index in [4.69, 9.17) is 10.2 Å². The van der Waals surface area contributed by atoms with Crippen LogP contribution in [0, 0.1) is 5.92 Å². The Morgan fingerprint density at radius 2 is 1.77 bits per heavy atom. The fraction of sp³-hybridized carbons (Fsp3) is 0.857. The van der Waals surface area contributed by atoms with Gasteiger partial charge in [0.15, 0.2) is 0 Å². The molecule has 0 aliphatic carbocycles. The summed E-state index contributed by atoms with van der Waals surface area (Å²) < 4.78 is 0. The highest BCUT2D eigenvalue weighted by Crippen LogP contribution is 2.08. The maximum absolute atomic E-state index is 10.6. The quantitative estimate of drug-likeness (QED) is 0.622. The topological polar surface area (TPSA) is 93.1 Å². The number of hydrogen-bond acceptors (Lipinski definition) is 5. The number of nitrogens with one attached hydrogen (secondary N) is 1. The number of piperidine rings is 1. The fourth-order valence-electron chi connectivity index (χ4n) is 2.34. The van der Waals surface area contributed by atoms with Crippen molar-refractivity contribution in [1.82, 2.24) is 15.1 Å². The van der Waals surface area contributed by atoms with E-state index in [9.17, 15) is 9.59 Å². The highest BCUT2D eigenvalue weighted by atomic mass is 35.5. The highest BCUT2D eigenvalue weighted by Gasteiger charge is 2.27. The molecule has 2 aliphatic heterocycles. The largest absolute Gasteiger partial charge is 0.481 e. The molecule has 2 fully saturated rings. The van der Waals surface area contributed by atoms with Gasteiger partial charge in [-0.1, -0.05) is 0 Å². The monoisotopic (exact) mass is 337 g/mol. The van der Waals surface area contributed by atoms with Gasteiger partial charge in [0.1, 0.15) is 6.04 Å². The number of carboxylic acids is 2. The van der Waals surface area contributed by atoms with Crippen LogP contribution < -0.4 is 5.32 Å². The van der Waals surface area contributed by atoms with Gasteiger partial charge in [-0.2, -0.15) is 0 Å². The second-order valence-electron chi connectivity index (χ2n) is 5.48. The summed E-state index contributed by atoms with van der Waals surface area (Å²) in [5.41, 5.74) is 0. The van der Waals surface area contributed by atoms with Crippen LogP contribution in [0.3, 0.4) is 0 Å². The minimum atomic E-state index is -0.723. The Morgan fingerprint density at radius 1 is 1.14 bits per heavy atom. The van der Waals surface area contributed by atoms with Crippen LogP contribution in [0.25, 0.3) is 0 Å². The van der Waals surface area contributed by atoms with Gasteiger partial charge < -0.3 is 20.4 Å². The molecule has 130 valence electrons. The van der Waals surface area contributed by atoms with Gasteiger partial charge in [-0.15, -0.1) is 11.6 Å². The second-order valence-corrected chi connectivity index (χ2v) is 5.48. The predicted octanol–water partition coefficient (Wildman–Crippen LogP) is 0.242. The van der Waals surface area contributed by atoms with Crippen LogP contribution in [0.5, 0.6) is 0 Å². The van der Waals surface area contributed by atoms with E-state index in [1.54, 1.807) is 0 Å². The number of aliphatic carboxylic acids is 2. The first-order valence-corrected chi connectivity index (χ1v) is 8.10. The van der Waals surface area contributed by atoms with Crippen LogP contribution in [0.15, 0.2) is 0 Å². The Hall–Kier alpha value is -0.890. The molecule has 7 nitrogen and oxygen atoms in total. The summed E-state index contributed by atoms with van der Waals surface area (Å²) in [6.07, 6.45) is 3.30. The van der Waals surface area contributed by atoms with Crippen molar-refractivity contribution in [3.05, 3.63) is 0 Å². The van der Waals surface area contributed by atoms with Crippen LogP contribution in [0.1, 0.15) is 12.8 Å². The standard InChI is InChI=1S/C7H14N2O2.C6H11NO2.CH3Cl/c1-8-3-4-9(2)6(5-8)7(10)11;8-6(9)5-2-1-3-7-4-5;1-2/h6H,3-5H2,1-2H3,(H,10,11);5,7H,1-4H2,(H,8,9);1H3/t6-;5-;/m11./s1. The first kappa shape index (κ1) is 21.1. The molecule has 2 atom stereocenters. The SMILES string of the molecule is CCl.CN1CCN(C)[C@@H](C(=O)O)C1.O=C(O)[C@@H]1CCCNC1. The summed E-state index contributed by atoms with van der Waals surface area (Å²) in [5.74, 6) is -1.53. The molecule has 0 aromatic rings. The molecular weight excluding hydrogens is 310 g/mol. The molecule has 0 aromatic heterocycles. The zero-order chi connectivity index (χ0) is 17.1. The Balaban J connectivity index is 0.000000366. The number of piperazine rings is 1. The number of likely N-dealkylation sites (N-methyl/N-ethyl adjacent to an activating group) is 2. The lowest BCUT2D eigenvalue weighted by molar-refractivity contribution is -0.145. The average Bonchev–Trinajstić information content (AvgIpc) is 2.53. The third-order valence-electron chi connectivity index (χ3n) is 3.78. The van der Waals surface area contributed by atoms with Crippen molar-refractivity contribution in [2.24, 2.45) is 5.92 Å². The van der Waals surface area contributed by atoms with E-state index >= 15 is 0 Å². The molecule has 8 heteroatoms. The summed E-state index contributed by atoms with van der Waals surface area (Å²) in [5, 5.41) is 20.3. The van der Waals surface area contributed by atoms with Crippen molar-refractivity contribution < 1.29 is 19.8 Å². The normalized spacial score (nSPS) is 26.0. The van der Waals surface area contributed by atoms with Crippen molar-refractivity contribution in [3.8, 4) is 0 Å². The minimum Gasteiger partial charge on any atom is -0.481 e. The van der Waals surface area contributed by atoms with Crippen molar-refractivity contribution in [1.29, 1.82) is 0 Å². The van der Waals surface area contributed by atoms with E-state index in [0.717, 1.165) is 32.5 Å². The Labute approximate surface area is 137 Å². The molecule has 0 saturated carbocycles. The van der Waals surface area contributed by atoms with E-state index in [2.05, 4.69) is 16.9 Å². The van der Waals surface area contributed by atoms with Crippen LogP contribution in [0.4, 0.5) is 0 Å². The van der Waals surface area contributed by atoms with E-state index < -0.39 is 11.9 Å². The van der Waals surface area contributed by atoms with Crippen molar-refractivity contribution in [2.45, 2.75) is 18.9 Å². The molecule has 0 radical (unpaired) electrons. The van der Waals surface area contributed by atoms with Gasteiger partial charge in [0.25, 0.3) is 0 Å². The van der Waals surface area contributed by atoms with E-state index in [1.165, 1.54) is 6.38 Å². The molecule has 2 heterocycles. The average molecular weight is 338 g/mol. The molecule has 2 saturated heterocycles. The summed E-state index contributed by atoms with van der Waals surface area (Å²) in [6, 6.07) is -0.325. The summed E-state index contributed by atoms with van der Waals surface area (Å²) in [6.45, 7) is 4.05. The molecule has 2 rings (SSSR count). The first-order valence-electron chi connectivity index (χ1n) is 7.34. The number of nitrogens with zero attached hydrogens (tertiary/aromatic N) is 2. The fourth-order valence-corrected chi connectivity index (χ4v) is 2.34. The lowest BCUT2D eigenvalue weighted by Gasteiger charge is -2.34. The minimum absolute atomic E-state index is 0.140. The smallest absolute Gasteiger partial charge is 0.322 e. The molecule has 0 spiro atoms. The van der Waals surface area contributed by atoms with Crippen LogP contribution in [-0.2, 0) is 9.59 Å². The number of carboxylic acid groups (broad SMARTS) is 2. The van der Waals surface area contributed by atoms with E-state index in [1.807, 2.05) is 23.9 Å². The van der Waals surface area contributed by atoms with Gasteiger partial charge >= 0.3 is 11.9 Å². The van der Waals surface area contributed by atoms with Gasteiger partial charge in [0.2, 0.25) is 0 Å². The molecule has 0 unspecified atom stereocenters. The molecular formula is C14H28ClN3O4. The Bertz CT molecular complexity index is 338. The highest BCUT2D eigenvalue weighted by molar-refractivity contribution is 6.15. The first-order chi connectivity index (χ1) is 10.4. The third kappa shape index (κ3) is 7.93. The number of rotatable bonds is 2. The molecule has 0 aromatic carbocycles. The van der Waals surface area contributed by atoms with Gasteiger partial charge in [-0.3, -0.25) is 14.5 Å². The van der Waals surface area contributed by atoms with Crippen LogP contribution >= 0.6 is 11.6 Å². The van der Waals surface area contributed by atoms with Crippen LogP contribution in [-0.4, -0.2) is 91.2 Å². The molecule has 2 aliphatic rings. The summed E-state index contributed by atoms with van der Waals surface area (Å²) in [7, 11) is 3.80. The van der Waals surface area contributed by atoms with Crippen molar-refractivity contribution in [3.63, 3.8) is 0 Å². The van der Waals surface area contributed by atoms with Crippen molar-refractivity contribution in [2.75, 3.05) is 53.2 Å². The second kappa shape index (κ2) is 11.6. The van der Waals surface area contributed by atoms with Gasteiger partial charge in [0, 0.05) is 32.6 Å². The number of carbonyl (C=O) groups is 2. The molecule has 0 amide bonds. The maximum Gasteiger partial charge on any atom is 0.322 e. The zero-order valence-corrected chi connectivity index (χ0v) is 14.3. The summed E-state index contributed by atoms with van der Waals surface area (Å²) >= 11 is 4.64. The van der Waals surface area contributed by atoms with Gasteiger partial charge in [-0.25, -0.2) is 0 Å². The van der Waals surface area contributed by atoms with Gasteiger partial charge in [-0.05, 0) is 33.5 Å². The molecule has 3 N–H and O–H groups in total. The van der Waals surface area contributed by atoms with Gasteiger partial charge in [0.05, 0.1) is 5.92 Å². The Kier molecular flexibility index (Phi) is 11.2. The van der Waals surface area contributed by atoms with Crippen molar-refractivity contribution >= 4 is 23.5 Å². The van der Waals surface area contributed by atoms with E-state index in [0.29, 0.717) is 13.1 Å². The van der Waals surface area contributed by atoms with Crippen LogP contribution in [0.2, 0.25) is 0 Å². The molecule has 0 bridgehead atoms. The number of alkyl halides is 1. The Morgan fingerprint density at radius 3 is 2.14 bits per heavy atom. The summed E-state index contributed by atoms with van der Waals surface area (Å²) in [4.78, 5) is 24.9.